The van der Waals surface area contributed by atoms with E-state index in [4.69, 9.17) is 0 Å². The Morgan fingerprint density at radius 1 is 0.333 bits per heavy atom. The summed E-state index contributed by atoms with van der Waals surface area (Å²) in [6, 6.07) is 91.6. The van der Waals surface area contributed by atoms with Crippen molar-refractivity contribution in [2.45, 2.75) is 32.6 Å². The van der Waals surface area contributed by atoms with Crippen molar-refractivity contribution in [3.05, 3.63) is 270 Å². The van der Waals surface area contributed by atoms with Gasteiger partial charge in [0, 0.05) is 28.1 Å². The molecule has 0 heterocycles. The summed E-state index contributed by atoms with van der Waals surface area (Å²) in [5.74, 6) is 0.0157. The Morgan fingerprint density at radius 3 is 1.36 bits per heavy atom. The summed E-state index contributed by atoms with van der Waals surface area (Å²) in [5, 5.41) is 15.2. The number of aryl methyl sites for hydroxylation is 2. The lowest BCUT2D eigenvalue weighted by Gasteiger charge is -2.29. The average molecular weight is 918 g/mol. The van der Waals surface area contributed by atoms with Crippen LogP contribution in [-0.2, 0) is 12.8 Å². The molecule has 340 valence electrons. The monoisotopic (exact) mass is 917 g/mol. The molecule has 0 N–H and O–H groups in total. The fraction of sp³-hybridized carbons (Fsp3) is 0.0704. The summed E-state index contributed by atoms with van der Waals surface area (Å²) < 4.78 is 0. The van der Waals surface area contributed by atoms with Gasteiger partial charge in [-0.25, -0.2) is 0 Å². The van der Waals surface area contributed by atoms with E-state index >= 15 is 0 Å². The summed E-state index contributed by atoms with van der Waals surface area (Å²) >= 11 is 0. The molecule has 0 amide bonds. The van der Waals surface area contributed by atoms with Crippen molar-refractivity contribution in [1.82, 2.24) is 0 Å². The van der Waals surface area contributed by atoms with Crippen LogP contribution in [0.5, 0.6) is 0 Å². The van der Waals surface area contributed by atoms with E-state index in [1.165, 1.54) is 132 Å². The standard InChI is InChI=1S/C71H51N/c1-3-45-28-32-47(33-29-45)66(68-56-20-9-5-16-49(56)42-50-17-6-10-21-57(50)68)53-36-41-63-65(44-53)62-26-15-27-64-67(60-24-13-14-25-61(60)69(63)70(62)64)48-34-39-55(40-35-48)72(54-37-30-46(4-2)31-38-54)71-58-22-11-7-18-51(58)43-52-19-8-12-23-59(52)71/h5-44,66H,3-4H2,1-2H3. The predicted octanol–water partition coefficient (Wildman–Crippen LogP) is 19.7. The smallest absolute Gasteiger partial charge is 0.0618 e. The lowest BCUT2D eigenvalue weighted by Crippen LogP contribution is -2.11. The lowest BCUT2D eigenvalue weighted by molar-refractivity contribution is 0.994. The molecule has 0 saturated heterocycles. The molecule has 0 aliphatic heterocycles. The van der Waals surface area contributed by atoms with Gasteiger partial charge in [-0.05, 0) is 170 Å². The zero-order chi connectivity index (χ0) is 47.9. The van der Waals surface area contributed by atoms with Gasteiger partial charge in [-0.15, -0.1) is 0 Å². The maximum Gasteiger partial charge on any atom is 0.0618 e. The van der Waals surface area contributed by atoms with Gasteiger partial charge in [0.2, 0.25) is 0 Å². The third-order valence-electron chi connectivity index (χ3n) is 15.8. The Morgan fingerprint density at radius 2 is 0.792 bits per heavy atom. The Bertz CT molecular complexity index is 4150. The largest absolute Gasteiger partial charge is 0.309 e. The summed E-state index contributed by atoms with van der Waals surface area (Å²) in [4.78, 5) is 2.47. The highest BCUT2D eigenvalue weighted by Gasteiger charge is 2.30. The van der Waals surface area contributed by atoms with Gasteiger partial charge in [0.15, 0.2) is 0 Å². The van der Waals surface area contributed by atoms with E-state index in [1.54, 1.807) is 0 Å². The van der Waals surface area contributed by atoms with Crippen molar-refractivity contribution in [2.75, 3.05) is 4.90 Å². The van der Waals surface area contributed by atoms with Crippen LogP contribution in [-0.4, -0.2) is 0 Å². The number of hydrogen-bond acceptors (Lipinski definition) is 1. The molecule has 0 radical (unpaired) electrons. The molecular formula is C71H51N. The number of rotatable bonds is 9. The average Bonchev–Trinajstić information content (AvgIpc) is 3.78. The number of anilines is 3. The number of nitrogens with zero attached hydrogens (tertiary/aromatic N) is 1. The minimum Gasteiger partial charge on any atom is -0.309 e. The third kappa shape index (κ3) is 6.61. The van der Waals surface area contributed by atoms with Crippen LogP contribution in [0.3, 0.4) is 0 Å². The molecule has 1 heteroatoms. The van der Waals surface area contributed by atoms with Crippen LogP contribution in [0.4, 0.5) is 17.1 Å². The molecule has 13 aromatic carbocycles. The van der Waals surface area contributed by atoms with Crippen molar-refractivity contribution < 1.29 is 0 Å². The van der Waals surface area contributed by atoms with E-state index in [2.05, 4.69) is 261 Å². The Hall–Kier alpha value is -8.78. The zero-order valence-electron chi connectivity index (χ0n) is 40.5. The van der Waals surface area contributed by atoms with Crippen LogP contribution < -0.4 is 4.90 Å². The molecule has 13 aromatic rings. The molecule has 72 heavy (non-hydrogen) atoms. The first-order valence-corrected chi connectivity index (χ1v) is 25.6. The second-order valence-corrected chi connectivity index (χ2v) is 19.7. The van der Waals surface area contributed by atoms with Gasteiger partial charge in [0.1, 0.15) is 0 Å². The fourth-order valence-corrected chi connectivity index (χ4v) is 12.4. The molecule has 0 aromatic heterocycles. The number of fused-ring (bicyclic) bond motifs is 9. The van der Waals surface area contributed by atoms with Crippen LogP contribution in [0.2, 0.25) is 0 Å². The third-order valence-corrected chi connectivity index (χ3v) is 15.8. The molecule has 0 fully saturated rings. The van der Waals surface area contributed by atoms with Crippen molar-refractivity contribution >= 4 is 81.7 Å². The summed E-state index contributed by atoms with van der Waals surface area (Å²) in [7, 11) is 0. The molecule has 0 bridgehead atoms. The first-order chi connectivity index (χ1) is 35.6. The van der Waals surface area contributed by atoms with Gasteiger partial charge < -0.3 is 4.90 Å². The van der Waals surface area contributed by atoms with Crippen molar-refractivity contribution in [3.8, 4) is 33.4 Å². The predicted molar refractivity (Wildman–Crippen MR) is 309 cm³/mol. The summed E-state index contributed by atoms with van der Waals surface area (Å²) in [6.07, 6.45) is 2.01. The molecule has 0 spiro atoms. The minimum absolute atomic E-state index is 0.0157. The normalized spacial score (nSPS) is 12.4. The molecule has 1 atom stereocenters. The van der Waals surface area contributed by atoms with E-state index in [1.807, 2.05) is 0 Å². The van der Waals surface area contributed by atoms with Crippen LogP contribution >= 0.6 is 0 Å². The number of hydrogen-bond donors (Lipinski definition) is 0. The molecular weight excluding hydrogens is 867 g/mol. The highest BCUT2D eigenvalue weighted by molar-refractivity contribution is 6.29. The van der Waals surface area contributed by atoms with Crippen molar-refractivity contribution in [2.24, 2.45) is 0 Å². The maximum atomic E-state index is 2.53. The molecule has 0 saturated carbocycles. The molecule has 14 rings (SSSR count). The van der Waals surface area contributed by atoms with Crippen molar-refractivity contribution in [1.29, 1.82) is 0 Å². The summed E-state index contributed by atoms with van der Waals surface area (Å²) in [5.41, 5.74) is 17.8. The minimum atomic E-state index is 0.0157. The van der Waals surface area contributed by atoms with Crippen LogP contribution in [0.1, 0.15) is 47.6 Å². The Kier molecular flexibility index (Phi) is 9.93. The summed E-state index contributed by atoms with van der Waals surface area (Å²) in [6.45, 7) is 4.46. The second-order valence-electron chi connectivity index (χ2n) is 19.7. The molecule has 1 aliphatic carbocycles. The molecule has 1 aliphatic rings. The van der Waals surface area contributed by atoms with Gasteiger partial charge in [-0.2, -0.15) is 0 Å². The van der Waals surface area contributed by atoms with Crippen molar-refractivity contribution in [3.63, 3.8) is 0 Å². The molecule has 1 unspecified atom stereocenters. The van der Waals surface area contributed by atoms with Gasteiger partial charge in [-0.1, -0.05) is 214 Å². The molecule has 1 nitrogen and oxygen atoms in total. The first kappa shape index (κ1) is 42.1. The van der Waals surface area contributed by atoms with E-state index in [-0.39, 0.29) is 5.92 Å². The SMILES string of the molecule is CCc1ccc(C(c2ccc3c(c2)-c2cccc4c(-c5ccc(N(c6ccc(CC)cc6)c6c7ccccc7cc7ccccc67)cc5)c5ccccc5c-3c24)c2c3ccccc3cc3ccccc23)cc1. The van der Waals surface area contributed by atoms with Gasteiger partial charge in [0.05, 0.1) is 5.69 Å². The highest BCUT2D eigenvalue weighted by atomic mass is 15.1. The maximum absolute atomic E-state index is 2.53. The second kappa shape index (κ2) is 17.0. The van der Waals surface area contributed by atoms with Crippen LogP contribution in [0.15, 0.2) is 243 Å². The first-order valence-electron chi connectivity index (χ1n) is 25.6. The van der Waals surface area contributed by atoms with Gasteiger partial charge in [-0.3, -0.25) is 0 Å². The zero-order valence-corrected chi connectivity index (χ0v) is 40.5. The van der Waals surface area contributed by atoms with E-state index in [0.29, 0.717) is 0 Å². The van der Waals surface area contributed by atoms with Crippen LogP contribution in [0.25, 0.3) is 98.0 Å². The fourth-order valence-electron chi connectivity index (χ4n) is 12.4. The Balaban J connectivity index is 0.952. The van der Waals surface area contributed by atoms with Gasteiger partial charge >= 0.3 is 0 Å². The van der Waals surface area contributed by atoms with E-state index in [9.17, 15) is 0 Å². The van der Waals surface area contributed by atoms with Crippen LogP contribution in [0, 0.1) is 0 Å². The number of benzene rings is 13. The lowest BCUT2D eigenvalue weighted by atomic mass is 9.79. The highest BCUT2D eigenvalue weighted by Crippen LogP contribution is 2.55. The quantitative estimate of drug-likeness (QED) is 0.103. The topological polar surface area (TPSA) is 3.24 Å². The van der Waals surface area contributed by atoms with E-state index in [0.717, 1.165) is 24.2 Å². The van der Waals surface area contributed by atoms with Gasteiger partial charge in [0.25, 0.3) is 0 Å². The Labute approximate surface area is 420 Å². The van der Waals surface area contributed by atoms with E-state index < -0.39 is 0 Å².